The van der Waals surface area contributed by atoms with Gasteiger partial charge in [-0.15, -0.1) is 12.4 Å². The molecule has 1 rings (SSSR count). The van der Waals surface area contributed by atoms with Gasteiger partial charge in [0.25, 0.3) is 0 Å². The lowest BCUT2D eigenvalue weighted by Crippen LogP contribution is -2.69. The van der Waals surface area contributed by atoms with Crippen LogP contribution >= 0.6 is 12.4 Å². The highest BCUT2D eigenvalue weighted by Gasteiger charge is 2.58. The van der Waals surface area contributed by atoms with Crippen molar-refractivity contribution >= 4 is 18.3 Å². The largest absolute Gasteiger partial charge is 0.378 e. The zero-order valence-electron chi connectivity index (χ0n) is 12.9. The lowest BCUT2D eigenvalue weighted by atomic mass is 9.55. The van der Waals surface area contributed by atoms with E-state index in [-0.39, 0.29) is 41.3 Å². The number of methoxy groups -OCH3 is 1. The van der Waals surface area contributed by atoms with E-state index in [4.69, 9.17) is 10.5 Å². The standard InChI is InChI=1S/C14H28N2O2.ClH/c1-7-9(2)11(15)12(17)16-10-8-14(5,18-6)13(10,3)4;/h9-11H,7-8,15H2,1-6H3,(H,16,17);1H. The number of nitrogens with two attached hydrogens (primary N) is 1. The fraction of sp³-hybridized carbons (Fsp3) is 0.929. The third-order valence-corrected chi connectivity index (χ3v) is 5.15. The Balaban J connectivity index is 0.00000324. The van der Waals surface area contributed by atoms with Gasteiger partial charge >= 0.3 is 0 Å². The first-order valence-corrected chi connectivity index (χ1v) is 6.80. The molecular formula is C14H29ClN2O2. The Morgan fingerprint density at radius 1 is 1.47 bits per heavy atom. The predicted molar refractivity (Wildman–Crippen MR) is 80.4 cm³/mol. The molecule has 4 atom stereocenters. The van der Waals surface area contributed by atoms with E-state index in [1.54, 1.807) is 7.11 Å². The highest BCUT2D eigenvalue weighted by Crippen LogP contribution is 2.51. The first-order chi connectivity index (χ1) is 8.19. The Bertz CT molecular complexity index is 323. The van der Waals surface area contributed by atoms with Crippen molar-refractivity contribution in [1.82, 2.24) is 5.32 Å². The lowest BCUT2D eigenvalue weighted by Gasteiger charge is -2.59. The molecule has 0 spiro atoms. The maximum Gasteiger partial charge on any atom is 0.237 e. The molecule has 19 heavy (non-hydrogen) atoms. The van der Waals surface area contributed by atoms with Crippen LogP contribution in [0.1, 0.15) is 47.5 Å². The maximum atomic E-state index is 12.1. The molecule has 114 valence electrons. The molecule has 4 unspecified atom stereocenters. The van der Waals surface area contributed by atoms with Gasteiger partial charge in [0, 0.05) is 18.6 Å². The molecule has 0 aromatic rings. The summed E-state index contributed by atoms with van der Waals surface area (Å²) < 4.78 is 5.55. The number of hydrogen-bond donors (Lipinski definition) is 2. The second-order valence-electron chi connectivity index (χ2n) is 6.33. The van der Waals surface area contributed by atoms with Gasteiger partial charge in [0.2, 0.25) is 5.91 Å². The van der Waals surface area contributed by atoms with Gasteiger partial charge in [0.05, 0.1) is 11.6 Å². The summed E-state index contributed by atoms with van der Waals surface area (Å²) in [6.07, 6.45) is 1.76. The second-order valence-corrected chi connectivity index (χ2v) is 6.33. The third-order valence-electron chi connectivity index (χ3n) is 5.15. The monoisotopic (exact) mass is 292 g/mol. The summed E-state index contributed by atoms with van der Waals surface area (Å²) in [6.45, 7) is 10.4. The molecule has 0 bridgehead atoms. The van der Waals surface area contributed by atoms with Crippen molar-refractivity contribution in [2.75, 3.05) is 7.11 Å². The minimum absolute atomic E-state index is 0. The van der Waals surface area contributed by atoms with E-state index >= 15 is 0 Å². The first kappa shape index (κ1) is 18.7. The molecule has 0 aromatic heterocycles. The van der Waals surface area contributed by atoms with Crippen molar-refractivity contribution in [2.45, 2.75) is 65.1 Å². The van der Waals surface area contributed by atoms with Crippen LogP contribution in [0.2, 0.25) is 0 Å². The molecule has 4 nitrogen and oxygen atoms in total. The fourth-order valence-corrected chi connectivity index (χ4v) is 2.50. The molecule has 5 heteroatoms. The smallest absolute Gasteiger partial charge is 0.237 e. The summed E-state index contributed by atoms with van der Waals surface area (Å²) in [5.41, 5.74) is 5.72. The van der Waals surface area contributed by atoms with Crippen LogP contribution in [0.15, 0.2) is 0 Å². The number of amides is 1. The van der Waals surface area contributed by atoms with Crippen LogP contribution < -0.4 is 11.1 Å². The molecule has 0 heterocycles. The van der Waals surface area contributed by atoms with Crippen LogP contribution in [0, 0.1) is 11.3 Å². The van der Waals surface area contributed by atoms with Crippen molar-refractivity contribution < 1.29 is 9.53 Å². The molecule has 0 radical (unpaired) electrons. The Labute approximate surface area is 123 Å². The van der Waals surface area contributed by atoms with Crippen LogP contribution in [0.5, 0.6) is 0 Å². The van der Waals surface area contributed by atoms with Gasteiger partial charge in [0.1, 0.15) is 0 Å². The number of halogens is 1. The van der Waals surface area contributed by atoms with E-state index in [1.807, 2.05) is 13.8 Å². The van der Waals surface area contributed by atoms with Gasteiger partial charge in [0.15, 0.2) is 0 Å². The molecule has 0 aromatic carbocycles. The van der Waals surface area contributed by atoms with Crippen LogP contribution in [-0.2, 0) is 9.53 Å². The summed E-state index contributed by atoms with van der Waals surface area (Å²) in [7, 11) is 1.73. The van der Waals surface area contributed by atoms with Gasteiger partial charge in [-0.25, -0.2) is 0 Å². The number of carbonyl (C=O) groups is 1. The second kappa shape index (κ2) is 6.42. The summed E-state index contributed by atoms with van der Waals surface area (Å²) in [4.78, 5) is 12.1. The Hall–Kier alpha value is -0.320. The molecule has 3 N–H and O–H groups in total. The van der Waals surface area contributed by atoms with E-state index in [0.717, 1.165) is 12.8 Å². The Kier molecular flexibility index (Phi) is 6.31. The fourth-order valence-electron chi connectivity index (χ4n) is 2.50. The van der Waals surface area contributed by atoms with Crippen molar-refractivity contribution in [3.63, 3.8) is 0 Å². The van der Waals surface area contributed by atoms with Gasteiger partial charge < -0.3 is 15.8 Å². The van der Waals surface area contributed by atoms with Gasteiger partial charge in [-0.1, -0.05) is 34.1 Å². The average Bonchev–Trinajstić information content (AvgIpc) is 2.35. The molecule has 1 aliphatic carbocycles. The van der Waals surface area contributed by atoms with Crippen LogP contribution in [0.25, 0.3) is 0 Å². The van der Waals surface area contributed by atoms with Crippen molar-refractivity contribution in [1.29, 1.82) is 0 Å². The maximum absolute atomic E-state index is 12.1. The van der Waals surface area contributed by atoms with Gasteiger partial charge in [-0.05, 0) is 19.3 Å². The Morgan fingerprint density at radius 3 is 2.37 bits per heavy atom. The number of nitrogens with one attached hydrogen (secondary N) is 1. The quantitative estimate of drug-likeness (QED) is 0.816. The zero-order valence-corrected chi connectivity index (χ0v) is 13.8. The average molecular weight is 293 g/mol. The summed E-state index contributed by atoms with van der Waals surface area (Å²) in [6, 6.07) is -0.273. The van der Waals surface area contributed by atoms with E-state index in [1.165, 1.54) is 0 Å². The van der Waals surface area contributed by atoms with E-state index < -0.39 is 6.04 Å². The molecule has 0 saturated heterocycles. The van der Waals surface area contributed by atoms with Crippen LogP contribution in [-0.4, -0.2) is 30.7 Å². The van der Waals surface area contributed by atoms with E-state index in [2.05, 4.69) is 26.1 Å². The van der Waals surface area contributed by atoms with Gasteiger partial charge in [-0.2, -0.15) is 0 Å². The lowest BCUT2D eigenvalue weighted by molar-refractivity contribution is -0.182. The Morgan fingerprint density at radius 2 is 2.00 bits per heavy atom. The normalized spacial score (nSPS) is 31.6. The van der Waals surface area contributed by atoms with Crippen LogP contribution in [0.4, 0.5) is 0 Å². The van der Waals surface area contributed by atoms with Gasteiger partial charge in [-0.3, -0.25) is 4.79 Å². The first-order valence-electron chi connectivity index (χ1n) is 6.80. The minimum atomic E-state index is -0.416. The number of hydrogen-bond acceptors (Lipinski definition) is 3. The summed E-state index contributed by atoms with van der Waals surface area (Å²) in [5, 5.41) is 3.07. The predicted octanol–water partition coefficient (Wildman–Crippen LogP) is 2.10. The third kappa shape index (κ3) is 3.23. The van der Waals surface area contributed by atoms with Crippen molar-refractivity contribution in [2.24, 2.45) is 17.1 Å². The molecule has 1 fully saturated rings. The topological polar surface area (TPSA) is 64.4 Å². The molecular weight excluding hydrogens is 264 g/mol. The molecule has 1 saturated carbocycles. The number of ether oxygens (including phenoxy) is 1. The zero-order chi connectivity index (χ0) is 14.1. The molecule has 0 aliphatic heterocycles. The van der Waals surface area contributed by atoms with E-state index in [0.29, 0.717) is 0 Å². The highest BCUT2D eigenvalue weighted by atomic mass is 35.5. The van der Waals surface area contributed by atoms with Crippen molar-refractivity contribution in [3.05, 3.63) is 0 Å². The SMILES string of the molecule is CCC(C)C(N)C(=O)NC1CC(C)(OC)C1(C)C.Cl. The molecule has 1 amide bonds. The highest BCUT2D eigenvalue weighted by molar-refractivity contribution is 5.85. The summed E-state index contributed by atoms with van der Waals surface area (Å²) in [5.74, 6) is 0.169. The molecule has 1 aliphatic rings. The van der Waals surface area contributed by atoms with Crippen LogP contribution in [0.3, 0.4) is 0 Å². The minimum Gasteiger partial charge on any atom is -0.378 e. The number of carbonyl (C=O) groups excluding carboxylic acids is 1. The summed E-state index contributed by atoms with van der Waals surface area (Å²) >= 11 is 0. The van der Waals surface area contributed by atoms with Crippen molar-refractivity contribution in [3.8, 4) is 0 Å². The number of rotatable bonds is 5. The van der Waals surface area contributed by atoms with E-state index in [9.17, 15) is 4.79 Å².